The van der Waals surface area contributed by atoms with Crippen molar-refractivity contribution in [3.05, 3.63) is 0 Å². The zero-order chi connectivity index (χ0) is 20.4. The average molecular weight is 383 g/mol. The van der Waals surface area contributed by atoms with Crippen LogP contribution in [0.15, 0.2) is 0 Å². The van der Waals surface area contributed by atoms with Gasteiger partial charge in [-0.3, -0.25) is 9.59 Å². The van der Waals surface area contributed by atoms with Crippen molar-refractivity contribution in [2.45, 2.75) is 97.0 Å². The van der Waals surface area contributed by atoms with Crippen LogP contribution in [0.3, 0.4) is 0 Å². The van der Waals surface area contributed by atoms with E-state index in [2.05, 4.69) is 5.32 Å². The maximum atomic E-state index is 12.8. The number of esters is 1. The third-order valence-electron chi connectivity index (χ3n) is 4.54. The summed E-state index contributed by atoms with van der Waals surface area (Å²) >= 11 is 0. The van der Waals surface area contributed by atoms with Crippen LogP contribution in [0.4, 0.5) is 0 Å². The Balaban J connectivity index is 2.78. The van der Waals surface area contributed by atoms with Gasteiger partial charge >= 0.3 is 5.97 Å². The molecule has 7 heteroatoms. The van der Waals surface area contributed by atoms with Crippen molar-refractivity contribution in [2.75, 3.05) is 0 Å². The summed E-state index contributed by atoms with van der Waals surface area (Å²) < 4.78 is 11.0. The van der Waals surface area contributed by atoms with Crippen molar-refractivity contribution in [1.29, 1.82) is 5.41 Å². The van der Waals surface area contributed by atoms with Crippen LogP contribution in [0.5, 0.6) is 0 Å². The molecule has 1 fully saturated rings. The fourth-order valence-corrected chi connectivity index (χ4v) is 3.29. The van der Waals surface area contributed by atoms with E-state index in [0.717, 1.165) is 19.1 Å². The molecule has 2 atom stereocenters. The van der Waals surface area contributed by atoms with Gasteiger partial charge in [-0.05, 0) is 46.5 Å². The van der Waals surface area contributed by atoms with Gasteiger partial charge < -0.3 is 20.2 Å². The molecule has 1 amide bonds. The lowest BCUT2D eigenvalue weighted by Gasteiger charge is -2.25. The molecule has 7 nitrogen and oxygen atoms in total. The van der Waals surface area contributed by atoms with Crippen molar-refractivity contribution < 1.29 is 23.9 Å². The zero-order valence-electron chi connectivity index (χ0n) is 17.0. The SMILES string of the molecule is CC(C)OC(=O)[C@H](CCC(=O)C=N)NC(=O)[C@H](CC1CCCC1)OC(C)C. The molecule has 0 spiro atoms. The molecule has 154 valence electrons. The molecule has 1 rings (SSSR count). The van der Waals surface area contributed by atoms with E-state index in [4.69, 9.17) is 14.9 Å². The topological polar surface area (TPSA) is 106 Å². The van der Waals surface area contributed by atoms with Gasteiger partial charge in [0, 0.05) is 6.42 Å². The molecule has 0 heterocycles. The minimum atomic E-state index is -0.925. The Morgan fingerprint density at radius 2 is 1.74 bits per heavy atom. The number of ketones is 1. The molecule has 0 radical (unpaired) electrons. The molecule has 0 saturated heterocycles. The highest BCUT2D eigenvalue weighted by atomic mass is 16.5. The fourth-order valence-electron chi connectivity index (χ4n) is 3.29. The number of hydrogen-bond acceptors (Lipinski definition) is 6. The summed E-state index contributed by atoms with van der Waals surface area (Å²) in [6, 6.07) is -0.925. The van der Waals surface area contributed by atoms with E-state index in [0.29, 0.717) is 12.3 Å². The molecular weight excluding hydrogens is 348 g/mol. The van der Waals surface area contributed by atoms with E-state index >= 15 is 0 Å². The second-order valence-corrected chi connectivity index (χ2v) is 7.76. The highest BCUT2D eigenvalue weighted by Crippen LogP contribution is 2.29. The van der Waals surface area contributed by atoms with E-state index in [-0.39, 0.29) is 31.0 Å². The van der Waals surface area contributed by atoms with Gasteiger partial charge in [-0.2, -0.15) is 0 Å². The summed E-state index contributed by atoms with van der Waals surface area (Å²) in [5.41, 5.74) is 0. The quantitative estimate of drug-likeness (QED) is 0.399. The van der Waals surface area contributed by atoms with Crippen LogP contribution < -0.4 is 5.32 Å². The Hall–Kier alpha value is -1.76. The second kappa shape index (κ2) is 11.8. The summed E-state index contributed by atoms with van der Waals surface area (Å²) in [6.07, 6.45) is 4.94. The summed E-state index contributed by atoms with van der Waals surface area (Å²) in [4.78, 5) is 36.6. The van der Waals surface area contributed by atoms with Gasteiger partial charge in [0.1, 0.15) is 12.1 Å². The number of rotatable bonds is 12. The predicted octanol–water partition coefficient (Wildman–Crippen LogP) is 2.80. The van der Waals surface area contributed by atoms with Gasteiger partial charge in [-0.1, -0.05) is 25.7 Å². The molecule has 0 aliphatic heterocycles. The monoisotopic (exact) mass is 382 g/mol. The van der Waals surface area contributed by atoms with Gasteiger partial charge in [0.15, 0.2) is 5.78 Å². The fraction of sp³-hybridized carbons (Fsp3) is 0.800. The van der Waals surface area contributed by atoms with E-state index < -0.39 is 23.9 Å². The van der Waals surface area contributed by atoms with Crippen LogP contribution in [-0.4, -0.2) is 48.2 Å². The minimum absolute atomic E-state index is 0.0000285. The smallest absolute Gasteiger partial charge is 0.328 e. The molecule has 0 bridgehead atoms. The van der Waals surface area contributed by atoms with Gasteiger partial charge in [0.25, 0.3) is 0 Å². The van der Waals surface area contributed by atoms with Crippen molar-refractivity contribution >= 4 is 23.9 Å². The molecule has 0 aromatic rings. The van der Waals surface area contributed by atoms with E-state index in [1.165, 1.54) is 12.8 Å². The summed E-state index contributed by atoms with van der Waals surface area (Å²) in [5, 5.41) is 9.70. The summed E-state index contributed by atoms with van der Waals surface area (Å²) in [7, 11) is 0. The Labute approximate surface area is 162 Å². The summed E-state index contributed by atoms with van der Waals surface area (Å²) in [5.74, 6) is -0.850. The van der Waals surface area contributed by atoms with Crippen LogP contribution in [-0.2, 0) is 23.9 Å². The van der Waals surface area contributed by atoms with Crippen molar-refractivity contribution in [1.82, 2.24) is 5.32 Å². The first-order chi connectivity index (χ1) is 12.7. The van der Waals surface area contributed by atoms with E-state index in [1.807, 2.05) is 13.8 Å². The molecule has 2 N–H and O–H groups in total. The molecular formula is C20H34N2O5. The van der Waals surface area contributed by atoms with Crippen LogP contribution >= 0.6 is 0 Å². The lowest BCUT2D eigenvalue weighted by atomic mass is 9.99. The molecule has 27 heavy (non-hydrogen) atoms. The lowest BCUT2D eigenvalue weighted by molar-refractivity contribution is -0.153. The van der Waals surface area contributed by atoms with E-state index in [9.17, 15) is 14.4 Å². The maximum Gasteiger partial charge on any atom is 0.328 e. The largest absolute Gasteiger partial charge is 0.461 e. The Morgan fingerprint density at radius 3 is 2.26 bits per heavy atom. The third kappa shape index (κ3) is 9.13. The van der Waals surface area contributed by atoms with Crippen molar-refractivity contribution in [3.8, 4) is 0 Å². The Morgan fingerprint density at radius 1 is 1.11 bits per heavy atom. The maximum absolute atomic E-state index is 12.8. The number of nitrogens with one attached hydrogen (secondary N) is 2. The zero-order valence-corrected chi connectivity index (χ0v) is 17.0. The first kappa shape index (κ1) is 23.3. The minimum Gasteiger partial charge on any atom is -0.461 e. The lowest BCUT2D eigenvalue weighted by Crippen LogP contribution is -2.48. The standard InChI is InChI=1S/C20H34N2O5/c1-13(2)26-18(11-15-7-5-6-8-15)19(24)22-17(10-9-16(23)12-21)20(25)27-14(3)4/h12-15,17-18,21H,5-11H2,1-4H3,(H,22,24)/t17-,18-/m0/s1. The first-order valence-corrected chi connectivity index (χ1v) is 9.92. The van der Waals surface area contributed by atoms with Crippen LogP contribution in [0.2, 0.25) is 0 Å². The normalized spacial score (nSPS) is 17.0. The van der Waals surface area contributed by atoms with Crippen molar-refractivity contribution in [3.63, 3.8) is 0 Å². The highest BCUT2D eigenvalue weighted by molar-refractivity contribution is 6.26. The average Bonchev–Trinajstić information content (AvgIpc) is 3.09. The highest BCUT2D eigenvalue weighted by Gasteiger charge is 2.31. The number of hydrogen-bond donors (Lipinski definition) is 2. The number of amides is 1. The van der Waals surface area contributed by atoms with Gasteiger partial charge in [0.05, 0.1) is 18.4 Å². The molecule has 1 aliphatic rings. The third-order valence-corrected chi connectivity index (χ3v) is 4.54. The summed E-state index contributed by atoms with van der Waals surface area (Å²) in [6.45, 7) is 7.21. The number of carbonyl (C=O) groups is 3. The van der Waals surface area contributed by atoms with Gasteiger partial charge in [-0.15, -0.1) is 0 Å². The Kier molecular flexibility index (Phi) is 10.2. The molecule has 0 unspecified atom stereocenters. The molecule has 1 saturated carbocycles. The van der Waals surface area contributed by atoms with Crippen LogP contribution in [0.25, 0.3) is 0 Å². The molecule has 0 aromatic heterocycles. The Bertz CT molecular complexity index is 513. The van der Waals surface area contributed by atoms with Gasteiger partial charge in [0.2, 0.25) is 5.91 Å². The van der Waals surface area contributed by atoms with Gasteiger partial charge in [-0.25, -0.2) is 4.79 Å². The van der Waals surface area contributed by atoms with Crippen molar-refractivity contribution in [2.24, 2.45) is 5.92 Å². The van der Waals surface area contributed by atoms with Crippen LogP contribution in [0.1, 0.15) is 72.6 Å². The van der Waals surface area contributed by atoms with Crippen LogP contribution in [0, 0.1) is 11.3 Å². The molecule has 0 aromatic carbocycles. The predicted molar refractivity (Wildman–Crippen MR) is 103 cm³/mol. The van der Waals surface area contributed by atoms with E-state index in [1.54, 1.807) is 13.8 Å². The number of Topliss-reactive ketones (excluding diaryl/α,β-unsaturated/α-hetero) is 1. The number of ether oxygens (including phenoxy) is 2. The second-order valence-electron chi connectivity index (χ2n) is 7.76. The number of carbonyl (C=O) groups excluding carboxylic acids is 3. The molecule has 1 aliphatic carbocycles. The first-order valence-electron chi connectivity index (χ1n) is 9.92.